The number of furan rings is 1. The van der Waals surface area contributed by atoms with Gasteiger partial charge < -0.3 is 4.42 Å². The monoisotopic (exact) mass is 323 g/mol. The molecule has 0 unspecified atom stereocenters. The Morgan fingerprint density at radius 3 is 2.39 bits per heavy atom. The molecular formula is C18H10ClNO3. The van der Waals surface area contributed by atoms with Crippen molar-refractivity contribution in [3.8, 4) is 11.1 Å². The number of nitrogens with zero attached hydrogens (tertiary/aromatic N) is 1. The third-order valence-electron chi connectivity index (χ3n) is 3.86. The highest BCUT2D eigenvalue weighted by Crippen LogP contribution is 2.41. The number of benzene rings is 3. The zero-order valence-electron chi connectivity index (χ0n) is 11.8. The van der Waals surface area contributed by atoms with Gasteiger partial charge in [-0.1, -0.05) is 54.1 Å². The number of halogens is 1. The van der Waals surface area contributed by atoms with Gasteiger partial charge in [-0.15, -0.1) is 0 Å². The fraction of sp³-hybridized carbons (Fsp3) is 0. The summed E-state index contributed by atoms with van der Waals surface area (Å²) in [6.45, 7) is 0. The Hall–Kier alpha value is -2.85. The highest BCUT2D eigenvalue weighted by molar-refractivity contribution is 6.33. The maximum atomic E-state index is 11.4. The van der Waals surface area contributed by atoms with Gasteiger partial charge in [0.25, 0.3) is 5.69 Å². The molecule has 1 heterocycles. The topological polar surface area (TPSA) is 56.3 Å². The molecule has 1 aromatic heterocycles. The van der Waals surface area contributed by atoms with Gasteiger partial charge in [-0.05, 0) is 18.2 Å². The van der Waals surface area contributed by atoms with Crippen LogP contribution in [-0.4, -0.2) is 4.92 Å². The summed E-state index contributed by atoms with van der Waals surface area (Å²) < 4.78 is 5.95. The summed E-state index contributed by atoms with van der Waals surface area (Å²) in [5.41, 5.74) is 2.38. The van der Waals surface area contributed by atoms with Crippen LogP contribution in [-0.2, 0) is 0 Å². The molecule has 0 aliphatic heterocycles. The van der Waals surface area contributed by atoms with Crippen LogP contribution in [0.5, 0.6) is 0 Å². The number of fused-ring (bicyclic) bond motifs is 3. The lowest BCUT2D eigenvalue weighted by molar-refractivity contribution is -0.384. The van der Waals surface area contributed by atoms with Gasteiger partial charge in [-0.2, -0.15) is 0 Å². The van der Waals surface area contributed by atoms with Crippen molar-refractivity contribution in [3.63, 3.8) is 0 Å². The average Bonchev–Trinajstić information content (AvgIpc) is 2.93. The van der Waals surface area contributed by atoms with Gasteiger partial charge in [0.05, 0.1) is 10.5 Å². The van der Waals surface area contributed by atoms with E-state index in [2.05, 4.69) is 0 Å². The molecule has 0 saturated heterocycles. The molecule has 0 N–H and O–H groups in total. The molecule has 3 aromatic carbocycles. The van der Waals surface area contributed by atoms with Gasteiger partial charge in [0.1, 0.15) is 16.2 Å². The largest absolute Gasteiger partial charge is 0.455 e. The minimum Gasteiger partial charge on any atom is -0.455 e. The van der Waals surface area contributed by atoms with Gasteiger partial charge >= 0.3 is 0 Å². The van der Waals surface area contributed by atoms with Crippen molar-refractivity contribution in [2.45, 2.75) is 0 Å². The number of nitro groups is 1. The Morgan fingerprint density at radius 2 is 1.57 bits per heavy atom. The molecule has 0 amide bonds. The summed E-state index contributed by atoms with van der Waals surface area (Å²) in [5, 5.41) is 13.4. The zero-order valence-corrected chi connectivity index (χ0v) is 12.6. The molecule has 4 rings (SSSR count). The first-order valence-electron chi connectivity index (χ1n) is 7.00. The van der Waals surface area contributed by atoms with E-state index < -0.39 is 4.92 Å². The second-order valence-electron chi connectivity index (χ2n) is 5.17. The van der Waals surface area contributed by atoms with E-state index in [4.69, 9.17) is 16.0 Å². The first-order valence-corrected chi connectivity index (χ1v) is 7.38. The van der Waals surface area contributed by atoms with E-state index in [0.29, 0.717) is 16.7 Å². The van der Waals surface area contributed by atoms with E-state index in [1.165, 1.54) is 6.07 Å². The highest BCUT2D eigenvalue weighted by atomic mass is 35.5. The van der Waals surface area contributed by atoms with Crippen LogP contribution in [0.1, 0.15) is 0 Å². The molecule has 4 nitrogen and oxygen atoms in total. The quantitative estimate of drug-likeness (QED) is 0.345. The predicted octanol–water partition coefficient (Wildman–Crippen LogP) is 5.81. The fourth-order valence-electron chi connectivity index (χ4n) is 2.88. The predicted molar refractivity (Wildman–Crippen MR) is 90.8 cm³/mol. The molecule has 0 radical (unpaired) electrons. The van der Waals surface area contributed by atoms with Gasteiger partial charge in [-0.25, -0.2) is 0 Å². The van der Waals surface area contributed by atoms with Crippen LogP contribution in [0, 0.1) is 10.1 Å². The second-order valence-corrected chi connectivity index (χ2v) is 5.58. The van der Waals surface area contributed by atoms with Gasteiger partial charge in [0.15, 0.2) is 0 Å². The third-order valence-corrected chi connectivity index (χ3v) is 4.17. The number of hydrogen-bond acceptors (Lipinski definition) is 3. The van der Waals surface area contributed by atoms with Crippen LogP contribution in [0.15, 0.2) is 65.1 Å². The van der Waals surface area contributed by atoms with Crippen molar-refractivity contribution < 1.29 is 9.34 Å². The standard InChI is InChI=1S/C18H10ClNO3/c19-15-9-4-6-12(17(15)20(21)22)14-8-3-7-13-11-5-1-2-10-16(11)23-18(13)14/h1-10H. The Bertz CT molecular complexity index is 1070. The van der Waals surface area contributed by atoms with Crippen LogP contribution in [0.25, 0.3) is 33.1 Å². The number of rotatable bonds is 2. The summed E-state index contributed by atoms with van der Waals surface area (Å²) in [6.07, 6.45) is 0. The summed E-state index contributed by atoms with van der Waals surface area (Å²) in [5.74, 6) is 0. The minimum atomic E-state index is -0.459. The van der Waals surface area contributed by atoms with E-state index >= 15 is 0 Å². The molecule has 0 aliphatic rings. The fourth-order valence-corrected chi connectivity index (χ4v) is 3.12. The first kappa shape index (κ1) is 13.8. The summed E-state index contributed by atoms with van der Waals surface area (Å²) in [6, 6.07) is 18.2. The molecule has 0 saturated carbocycles. The smallest absolute Gasteiger partial charge is 0.295 e. The average molecular weight is 324 g/mol. The van der Waals surface area contributed by atoms with Crippen LogP contribution in [0.3, 0.4) is 0 Å². The van der Waals surface area contributed by atoms with Crippen molar-refractivity contribution in [1.82, 2.24) is 0 Å². The van der Waals surface area contributed by atoms with Crippen LogP contribution >= 0.6 is 11.6 Å². The molecule has 112 valence electrons. The van der Waals surface area contributed by atoms with Crippen molar-refractivity contribution in [3.05, 3.63) is 75.8 Å². The van der Waals surface area contributed by atoms with Crippen LogP contribution < -0.4 is 0 Å². The molecule has 0 atom stereocenters. The van der Waals surface area contributed by atoms with Crippen LogP contribution in [0.2, 0.25) is 5.02 Å². The lowest BCUT2D eigenvalue weighted by Crippen LogP contribution is -1.93. The highest BCUT2D eigenvalue weighted by Gasteiger charge is 2.22. The van der Waals surface area contributed by atoms with E-state index in [1.54, 1.807) is 12.1 Å². The van der Waals surface area contributed by atoms with Gasteiger partial charge in [0.2, 0.25) is 0 Å². The Balaban J connectivity index is 2.12. The lowest BCUT2D eigenvalue weighted by Gasteiger charge is -2.05. The molecule has 0 fully saturated rings. The van der Waals surface area contributed by atoms with Crippen LogP contribution in [0.4, 0.5) is 5.69 Å². The zero-order chi connectivity index (χ0) is 16.0. The van der Waals surface area contributed by atoms with E-state index in [1.807, 2.05) is 42.5 Å². The maximum absolute atomic E-state index is 11.4. The molecule has 0 aliphatic carbocycles. The normalized spacial score (nSPS) is 11.2. The number of hydrogen-bond donors (Lipinski definition) is 0. The lowest BCUT2D eigenvalue weighted by atomic mass is 10.0. The Kier molecular flexibility index (Phi) is 3.06. The molecule has 23 heavy (non-hydrogen) atoms. The Morgan fingerprint density at radius 1 is 0.870 bits per heavy atom. The second kappa shape index (κ2) is 5.11. The van der Waals surface area contributed by atoms with E-state index in [9.17, 15) is 10.1 Å². The third kappa shape index (κ3) is 2.07. The van der Waals surface area contributed by atoms with Gasteiger partial charge in [0, 0.05) is 16.3 Å². The Labute approximate surface area is 136 Å². The van der Waals surface area contributed by atoms with Gasteiger partial charge in [-0.3, -0.25) is 10.1 Å². The number of nitro benzene ring substituents is 1. The maximum Gasteiger partial charge on any atom is 0.295 e. The molecular weight excluding hydrogens is 314 g/mol. The van der Waals surface area contributed by atoms with Crippen molar-refractivity contribution in [1.29, 1.82) is 0 Å². The summed E-state index contributed by atoms with van der Waals surface area (Å²) in [4.78, 5) is 11.0. The van der Waals surface area contributed by atoms with Crippen molar-refractivity contribution >= 4 is 39.2 Å². The molecule has 0 spiro atoms. The first-order chi connectivity index (χ1) is 11.2. The molecule has 5 heteroatoms. The van der Waals surface area contributed by atoms with E-state index in [-0.39, 0.29) is 10.7 Å². The number of para-hydroxylation sites is 3. The summed E-state index contributed by atoms with van der Waals surface area (Å²) in [7, 11) is 0. The van der Waals surface area contributed by atoms with Crippen molar-refractivity contribution in [2.24, 2.45) is 0 Å². The SMILES string of the molecule is O=[N+]([O-])c1c(Cl)cccc1-c1cccc2c1oc1ccccc12. The van der Waals surface area contributed by atoms with Crippen molar-refractivity contribution in [2.75, 3.05) is 0 Å². The molecule has 4 aromatic rings. The summed E-state index contributed by atoms with van der Waals surface area (Å²) >= 11 is 6.03. The van der Waals surface area contributed by atoms with E-state index in [0.717, 1.165) is 16.4 Å². The minimum absolute atomic E-state index is 0.109. The molecule has 0 bridgehead atoms.